The summed E-state index contributed by atoms with van der Waals surface area (Å²) in [6.45, 7) is 2.06. The maximum absolute atomic E-state index is 11.0. The molecule has 0 spiro atoms. The molecule has 22 heavy (non-hydrogen) atoms. The quantitative estimate of drug-likeness (QED) is 0.464. The van der Waals surface area contributed by atoms with Crippen LogP contribution in [-0.4, -0.2) is 32.2 Å². The molecule has 0 saturated carbocycles. The molecule has 0 bridgehead atoms. The van der Waals surface area contributed by atoms with Crippen molar-refractivity contribution in [1.29, 1.82) is 5.26 Å². The number of rotatable bonds is 6. The number of benzene rings is 1. The van der Waals surface area contributed by atoms with Crippen molar-refractivity contribution in [2.45, 2.75) is 6.92 Å². The molecule has 0 fully saturated rings. The summed E-state index contributed by atoms with van der Waals surface area (Å²) >= 11 is 0. The summed E-state index contributed by atoms with van der Waals surface area (Å²) in [5.41, 5.74) is 0.384. The lowest BCUT2D eigenvalue weighted by Gasteiger charge is -2.06. The Morgan fingerprint density at radius 1 is 1.64 bits per heavy atom. The largest absolute Gasteiger partial charge is 0.487 e. The van der Waals surface area contributed by atoms with Gasteiger partial charge in [0.25, 0.3) is 0 Å². The van der Waals surface area contributed by atoms with Gasteiger partial charge in [0, 0.05) is 18.0 Å². The Balaban J connectivity index is 2.25. The number of aromatic nitrogens is 4. The standard InChI is InChI=1S/C12H11N7O3/c1-2-22-11-4-3-9(5-10(11)19(20)21)14-7-8(6-13)12-15-17-18-16-12/h3-5,7,14H,2H2,1H3,(H,15,16,17,18). The molecule has 10 heteroatoms. The average molecular weight is 301 g/mol. The number of tetrazole rings is 1. The molecule has 112 valence electrons. The van der Waals surface area contributed by atoms with Crippen molar-refractivity contribution in [3.05, 3.63) is 40.3 Å². The molecule has 10 nitrogen and oxygen atoms in total. The van der Waals surface area contributed by atoms with Gasteiger partial charge in [-0.3, -0.25) is 10.1 Å². The Hall–Kier alpha value is -3.48. The number of ether oxygens (including phenoxy) is 1. The first-order valence-corrected chi connectivity index (χ1v) is 6.17. The highest BCUT2D eigenvalue weighted by Crippen LogP contribution is 2.30. The van der Waals surface area contributed by atoms with E-state index in [1.165, 1.54) is 18.3 Å². The number of hydrogen-bond donors (Lipinski definition) is 2. The summed E-state index contributed by atoms with van der Waals surface area (Å²) in [5, 5.41) is 35.8. The van der Waals surface area contributed by atoms with Crippen LogP contribution in [0.3, 0.4) is 0 Å². The number of allylic oxidation sites excluding steroid dienone is 1. The Morgan fingerprint density at radius 2 is 2.45 bits per heavy atom. The number of H-pyrrole nitrogens is 1. The van der Waals surface area contributed by atoms with Crippen molar-refractivity contribution < 1.29 is 9.66 Å². The lowest BCUT2D eigenvalue weighted by atomic mass is 10.2. The molecule has 1 aromatic heterocycles. The predicted molar refractivity (Wildman–Crippen MR) is 75.7 cm³/mol. The van der Waals surface area contributed by atoms with Crippen LogP contribution in [0.4, 0.5) is 11.4 Å². The minimum absolute atomic E-state index is 0.121. The van der Waals surface area contributed by atoms with E-state index in [0.717, 1.165) is 0 Å². The van der Waals surface area contributed by atoms with Gasteiger partial charge in [0.05, 0.1) is 11.5 Å². The number of hydrogen-bond acceptors (Lipinski definition) is 8. The lowest BCUT2D eigenvalue weighted by Crippen LogP contribution is -1.99. The van der Waals surface area contributed by atoms with E-state index in [0.29, 0.717) is 12.3 Å². The number of anilines is 1. The molecule has 0 amide bonds. The van der Waals surface area contributed by atoms with Crippen LogP contribution >= 0.6 is 0 Å². The summed E-state index contributed by atoms with van der Waals surface area (Å²) in [5.74, 6) is 0.302. The molecule has 0 aliphatic heterocycles. The first-order valence-electron chi connectivity index (χ1n) is 6.17. The van der Waals surface area contributed by atoms with Crippen LogP contribution in [0.5, 0.6) is 5.75 Å². The Kier molecular flexibility index (Phi) is 4.61. The number of nitrogens with zero attached hydrogens (tertiary/aromatic N) is 5. The van der Waals surface area contributed by atoms with Gasteiger partial charge >= 0.3 is 5.69 Å². The first kappa shape index (κ1) is 14.9. The monoisotopic (exact) mass is 301 g/mol. The highest BCUT2D eigenvalue weighted by molar-refractivity contribution is 5.74. The molecular formula is C12H11N7O3. The Morgan fingerprint density at radius 3 is 3.05 bits per heavy atom. The van der Waals surface area contributed by atoms with Crippen molar-refractivity contribution in [3.8, 4) is 11.8 Å². The molecule has 2 N–H and O–H groups in total. The van der Waals surface area contributed by atoms with Crippen LogP contribution in [0.2, 0.25) is 0 Å². The first-order chi connectivity index (χ1) is 10.7. The second-order valence-corrected chi connectivity index (χ2v) is 3.92. The van der Waals surface area contributed by atoms with E-state index in [1.54, 1.807) is 13.0 Å². The molecule has 0 radical (unpaired) electrons. The normalized spacial score (nSPS) is 10.8. The lowest BCUT2D eigenvalue weighted by molar-refractivity contribution is -0.385. The molecule has 1 heterocycles. The Bertz CT molecular complexity index is 734. The zero-order chi connectivity index (χ0) is 15.9. The molecule has 1 aromatic carbocycles. The number of nitrogens with one attached hydrogen (secondary N) is 2. The van der Waals surface area contributed by atoms with Crippen molar-refractivity contribution >= 4 is 16.9 Å². The van der Waals surface area contributed by atoms with E-state index in [9.17, 15) is 10.1 Å². The fourth-order valence-corrected chi connectivity index (χ4v) is 1.61. The molecular weight excluding hydrogens is 290 g/mol. The summed E-state index contributed by atoms with van der Waals surface area (Å²) in [6, 6.07) is 6.29. The summed E-state index contributed by atoms with van der Waals surface area (Å²) in [4.78, 5) is 10.5. The Labute approximate surface area is 124 Å². The van der Waals surface area contributed by atoms with Gasteiger partial charge in [0.2, 0.25) is 5.82 Å². The van der Waals surface area contributed by atoms with Gasteiger partial charge in [-0.2, -0.15) is 10.5 Å². The van der Waals surface area contributed by atoms with Gasteiger partial charge < -0.3 is 10.1 Å². The number of nitriles is 1. The van der Waals surface area contributed by atoms with E-state index in [2.05, 4.69) is 25.9 Å². The zero-order valence-electron chi connectivity index (χ0n) is 11.5. The van der Waals surface area contributed by atoms with Crippen LogP contribution in [0.15, 0.2) is 24.4 Å². The van der Waals surface area contributed by atoms with E-state index < -0.39 is 4.92 Å². The van der Waals surface area contributed by atoms with Gasteiger partial charge in [0.15, 0.2) is 5.75 Å². The van der Waals surface area contributed by atoms with Crippen LogP contribution in [0.25, 0.3) is 5.57 Å². The minimum atomic E-state index is -0.537. The summed E-state index contributed by atoms with van der Waals surface area (Å²) in [7, 11) is 0. The van der Waals surface area contributed by atoms with E-state index >= 15 is 0 Å². The summed E-state index contributed by atoms with van der Waals surface area (Å²) in [6.07, 6.45) is 1.34. The molecule has 2 aromatic rings. The zero-order valence-corrected chi connectivity index (χ0v) is 11.5. The van der Waals surface area contributed by atoms with Gasteiger partial charge in [-0.15, -0.1) is 10.2 Å². The van der Waals surface area contributed by atoms with E-state index in [4.69, 9.17) is 10.00 Å². The number of aromatic amines is 1. The maximum atomic E-state index is 11.0. The van der Waals surface area contributed by atoms with Gasteiger partial charge in [-0.25, -0.2) is 0 Å². The van der Waals surface area contributed by atoms with Crippen LogP contribution in [0.1, 0.15) is 12.7 Å². The third-order valence-corrected chi connectivity index (χ3v) is 2.55. The molecule has 0 aliphatic rings. The van der Waals surface area contributed by atoms with Crippen molar-refractivity contribution in [2.75, 3.05) is 11.9 Å². The molecule has 0 unspecified atom stereocenters. The fraction of sp³-hybridized carbons (Fsp3) is 0.167. The van der Waals surface area contributed by atoms with Gasteiger partial charge in [-0.05, 0) is 24.3 Å². The maximum Gasteiger partial charge on any atom is 0.312 e. The van der Waals surface area contributed by atoms with Crippen LogP contribution < -0.4 is 10.1 Å². The van der Waals surface area contributed by atoms with E-state index in [1.807, 2.05) is 6.07 Å². The highest BCUT2D eigenvalue weighted by atomic mass is 16.6. The van der Waals surface area contributed by atoms with Crippen molar-refractivity contribution in [3.63, 3.8) is 0 Å². The minimum Gasteiger partial charge on any atom is -0.487 e. The predicted octanol–water partition coefficient (Wildman–Crippen LogP) is 1.48. The fourth-order valence-electron chi connectivity index (χ4n) is 1.61. The molecule has 0 aliphatic carbocycles. The van der Waals surface area contributed by atoms with Crippen molar-refractivity contribution in [2.24, 2.45) is 0 Å². The average Bonchev–Trinajstić information content (AvgIpc) is 3.03. The molecule has 2 rings (SSSR count). The number of nitro groups is 1. The molecule has 0 saturated heterocycles. The van der Waals surface area contributed by atoms with Crippen LogP contribution in [0, 0.1) is 21.4 Å². The molecule has 0 atom stereocenters. The van der Waals surface area contributed by atoms with E-state index in [-0.39, 0.29) is 22.8 Å². The highest BCUT2D eigenvalue weighted by Gasteiger charge is 2.15. The number of nitro benzene ring substituents is 1. The van der Waals surface area contributed by atoms with Crippen molar-refractivity contribution in [1.82, 2.24) is 20.6 Å². The van der Waals surface area contributed by atoms with Gasteiger partial charge in [-0.1, -0.05) is 0 Å². The third kappa shape index (κ3) is 3.34. The van der Waals surface area contributed by atoms with Gasteiger partial charge in [0.1, 0.15) is 11.6 Å². The third-order valence-electron chi connectivity index (χ3n) is 2.55. The topological polar surface area (TPSA) is 143 Å². The smallest absolute Gasteiger partial charge is 0.312 e. The second kappa shape index (κ2) is 6.80. The van der Waals surface area contributed by atoms with Crippen LogP contribution in [-0.2, 0) is 0 Å². The summed E-state index contributed by atoms with van der Waals surface area (Å²) < 4.78 is 5.19. The SMILES string of the molecule is CCOc1ccc(NC=C(C#N)c2nn[nH]n2)cc1[N+](=O)[O-]. The second-order valence-electron chi connectivity index (χ2n) is 3.92.